The van der Waals surface area contributed by atoms with Crippen LogP contribution in [0.15, 0.2) is 48.5 Å². The Hall–Kier alpha value is -2.13. The van der Waals surface area contributed by atoms with Gasteiger partial charge in [-0.25, -0.2) is 4.39 Å². The smallest absolute Gasteiger partial charge is 0.132 e. The zero-order valence-corrected chi connectivity index (χ0v) is 22.8. The third-order valence-electron chi connectivity index (χ3n) is 8.63. The van der Waals surface area contributed by atoms with Crippen LogP contribution in [0, 0.1) is 23.6 Å². The van der Waals surface area contributed by atoms with Crippen molar-refractivity contribution < 1.29 is 9.13 Å². The van der Waals surface area contributed by atoms with E-state index >= 15 is 4.39 Å². The summed E-state index contributed by atoms with van der Waals surface area (Å²) in [4.78, 5) is 0.977. The average molecular weight is 505 g/mol. The van der Waals surface area contributed by atoms with E-state index in [4.69, 9.17) is 4.74 Å². The van der Waals surface area contributed by atoms with E-state index in [1.807, 2.05) is 19.1 Å². The lowest BCUT2D eigenvalue weighted by Gasteiger charge is -2.35. The molecule has 0 bridgehead atoms. The molecule has 0 amide bonds. The lowest BCUT2D eigenvalue weighted by molar-refractivity contribution is 0.187. The highest BCUT2D eigenvalue weighted by molar-refractivity contribution is 7.22. The molecule has 2 aliphatic carbocycles. The van der Waals surface area contributed by atoms with Crippen LogP contribution < -0.4 is 4.74 Å². The van der Waals surface area contributed by atoms with Crippen LogP contribution in [0.3, 0.4) is 0 Å². The Balaban J connectivity index is 1.21. The molecule has 1 fully saturated rings. The quantitative estimate of drug-likeness (QED) is 0.263. The predicted molar refractivity (Wildman–Crippen MR) is 153 cm³/mol. The number of fused-ring (bicyclic) bond motifs is 1. The molecule has 0 radical (unpaired) electrons. The lowest BCUT2D eigenvalue weighted by atomic mass is 9.70. The van der Waals surface area contributed by atoms with E-state index < -0.39 is 0 Å². The molecular formula is C33H41FOS. The van der Waals surface area contributed by atoms with Crippen molar-refractivity contribution in [1.82, 2.24) is 0 Å². The number of halogens is 1. The highest BCUT2D eigenvalue weighted by atomic mass is 32.1. The van der Waals surface area contributed by atoms with E-state index in [0.29, 0.717) is 12.2 Å². The molecule has 0 saturated heterocycles. The lowest BCUT2D eigenvalue weighted by Crippen LogP contribution is -2.23. The molecular weight excluding hydrogens is 463 g/mol. The van der Waals surface area contributed by atoms with Gasteiger partial charge < -0.3 is 4.74 Å². The fourth-order valence-corrected chi connectivity index (χ4v) is 7.61. The maximum atomic E-state index is 15.3. The Bertz CT molecular complexity index is 1180. The van der Waals surface area contributed by atoms with Crippen LogP contribution in [0.4, 0.5) is 4.39 Å². The molecule has 0 N–H and O–H groups in total. The van der Waals surface area contributed by atoms with Gasteiger partial charge in [0.1, 0.15) is 11.6 Å². The van der Waals surface area contributed by atoms with Crippen molar-refractivity contribution in [3.05, 3.63) is 59.9 Å². The van der Waals surface area contributed by atoms with E-state index in [2.05, 4.69) is 37.3 Å². The van der Waals surface area contributed by atoms with Crippen LogP contribution in [0.1, 0.15) is 90.0 Å². The molecule has 3 aromatic rings. The maximum absolute atomic E-state index is 15.3. The van der Waals surface area contributed by atoms with E-state index in [1.54, 1.807) is 17.4 Å². The van der Waals surface area contributed by atoms with Gasteiger partial charge in [0.05, 0.1) is 6.61 Å². The molecule has 2 aliphatic rings. The molecule has 3 heteroatoms. The first-order chi connectivity index (χ1) is 17.6. The molecule has 1 aromatic heterocycles. The summed E-state index contributed by atoms with van der Waals surface area (Å²) in [6.45, 7) is 4.94. The second-order valence-electron chi connectivity index (χ2n) is 11.0. The number of hydrogen-bond acceptors (Lipinski definition) is 2. The molecule has 0 spiro atoms. The monoisotopic (exact) mass is 504 g/mol. The van der Waals surface area contributed by atoms with Gasteiger partial charge >= 0.3 is 0 Å². The number of hydrogen-bond donors (Lipinski definition) is 0. The summed E-state index contributed by atoms with van der Waals surface area (Å²) in [6, 6.07) is 14.1. The minimum absolute atomic E-state index is 0.117. The van der Waals surface area contributed by atoms with Crippen molar-refractivity contribution in [2.75, 3.05) is 6.61 Å². The number of thiophene rings is 1. The maximum Gasteiger partial charge on any atom is 0.132 e. The summed E-state index contributed by atoms with van der Waals surface area (Å²) in [7, 11) is 0. The Morgan fingerprint density at radius 2 is 1.78 bits per heavy atom. The van der Waals surface area contributed by atoms with Gasteiger partial charge in [-0.3, -0.25) is 0 Å². The first-order valence-corrected chi connectivity index (χ1v) is 15.1. The summed E-state index contributed by atoms with van der Waals surface area (Å²) in [5.74, 6) is 3.47. The average Bonchev–Trinajstić information content (AvgIpc) is 3.33. The molecule has 192 valence electrons. The minimum Gasteiger partial charge on any atom is -0.494 e. The van der Waals surface area contributed by atoms with Crippen LogP contribution in [0.5, 0.6) is 5.75 Å². The van der Waals surface area contributed by atoms with Crippen molar-refractivity contribution in [2.45, 2.75) is 84.5 Å². The Morgan fingerprint density at radius 3 is 2.50 bits per heavy atom. The molecule has 1 nitrogen and oxygen atoms in total. The first-order valence-electron chi connectivity index (χ1n) is 14.3. The Morgan fingerprint density at radius 1 is 0.917 bits per heavy atom. The largest absolute Gasteiger partial charge is 0.494 e. The Labute approximate surface area is 220 Å². The second-order valence-corrected chi connectivity index (χ2v) is 12.1. The highest BCUT2D eigenvalue weighted by Gasteiger charge is 2.28. The summed E-state index contributed by atoms with van der Waals surface area (Å²) in [6.07, 6.45) is 17.3. The number of benzene rings is 2. The van der Waals surface area contributed by atoms with Crippen LogP contribution in [0.2, 0.25) is 0 Å². The zero-order chi connectivity index (χ0) is 24.9. The van der Waals surface area contributed by atoms with Crippen molar-refractivity contribution >= 4 is 27.0 Å². The van der Waals surface area contributed by atoms with Gasteiger partial charge in [-0.15, -0.1) is 11.3 Å². The summed E-state index contributed by atoms with van der Waals surface area (Å²) < 4.78 is 22.1. The van der Waals surface area contributed by atoms with E-state index in [1.165, 1.54) is 69.8 Å². The van der Waals surface area contributed by atoms with Gasteiger partial charge in [0.2, 0.25) is 0 Å². The summed E-state index contributed by atoms with van der Waals surface area (Å²) in [5, 5.41) is 1.14. The van der Waals surface area contributed by atoms with Crippen LogP contribution in [-0.2, 0) is 0 Å². The molecule has 1 heterocycles. The van der Waals surface area contributed by atoms with Gasteiger partial charge in [0.25, 0.3) is 0 Å². The van der Waals surface area contributed by atoms with Gasteiger partial charge in [-0.05, 0) is 104 Å². The van der Waals surface area contributed by atoms with Crippen molar-refractivity contribution in [3.8, 4) is 16.2 Å². The van der Waals surface area contributed by atoms with Crippen LogP contribution >= 0.6 is 11.3 Å². The molecule has 0 aliphatic heterocycles. The van der Waals surface area contributed by atoms with E-state index in [9.17, 15) is 0 Å². The van der Waals surface area contributed by atoms with Crippen molar-refractivity contribution in [3.63, 3.8) is 0 Å². The molecule has 5 rings (SSSR count). The number of unbranched alkanes of at least 4 members (excludes halogenated alkanes) is 2. The zero-order valence-electron chi connectivity index (χ0n) is 22.0. The molecule has 1 atom stereocenters. The van der Waals surface area contributed by atoms with Gasteiger partial charge in [0, 0.05) is 15.1 Å². The number of rotatable bonds is 9. The summed E-state index contributed by atoms with van der Waals surface area (Å²) >= 11 is 1.63. The third-order valence-corrected chi connectivity index (χ3v) is 9.76. The normalized spacial score (nSPS) is 22.5. The Kier molecular flexibility index (Phi) is 8.47. The molecule has 1 saturated carbocycles. The standard InChI is InChI=1S/C33H41FOS/c1-3-5-6-7-23-8-10-24(11-9-23)25-12-14-26(15-13-25)27-17-19-30(31(34)20-27)33-21-28-16-18-29(35-4-2)22-32(28)36-33/h14,16-25H,3-13,15H2,1-2H3. The first kappa shape index (κ1) is 25.5. The molecule has 1 unspecified atom stereocenters. The van der Waals surface area contributed by atoms with Crippen LogP contribution in [-0.4, -0.2) is 6.61 Å². The van der Waals surface area contributed by atoms with Crippen molar-refractivity contribution in [2.24, 2.45) is 17.8 Å². The minimum atomic E-state index is -0.117. The van der Waals surface area contributed by atoms with Crippen LogP contribution in [0.25, 0.3) is 26.1 Å². The van der Waals surface area contributed by atoms with Crippen molar-refractivity contribution in [1.29, 1.82) is 0 Å². The van der Waals surface area contributed by atoms with Gasteiger partial charge in [0.15, 0.2) is 0 Å². The second kappa shape index (κ2) is 11.9. The molecule has 2 aromatic carbocycles. The number of allylic oxidation sites excluding steroid dienone is 2. The topological polar surface area (TPSA) is 9.23 Å². The SMILES string of the molecule is CCCCCC1CCC(C2CC=C(c3ccc(-c4cc5ccc(OCC)cc5s4)c(F)c3)CC2)CC1. The van der Waals surface area contributed by atoms with E-state index in [-0.39, 0.29) is 5.82 Å². The fraction of sp³-hybridized carbons (Fsp3) is 0.515. The summed E-state index contributed by atoms with van der Waals surface area (Å²) in [5.41, 5.74) is 3.10. The third kappa shape index (κ3) is 5.88. The van der Waals surface area contributed by atoms with Gasteiger partial charge in [-0.1, -0.05) is 63.7 Å². The number of ether oxygens (including phenoxy) is 1. The molecule has 36 heavy (non-hydrogen) atoms. The van der Waals surface area contributed by atoms with Gasteiger partial charge in [-0.2, -0.15) is 0 Å². The highest BCUT2D eigenvalue weighted by Crippen LogP contribution is 2.43. The predicted octanol–water partition coefficient (Wildman–Crippen LogP) is 10.7. The fourth-order valence-electron chi connectivity index (χ4n) is 6.49. The van der Waals surface area contributed by atoms with E-state index in [0.717, 1.165) is 50.5 Å².